The molecule has 1 aromatic heterocycles. The highest BCUT2D eigenvalue weighted by Crippen LogP contribution is 2.40. The van der Waals surface area contributed by atoms with Crippen LogP contribution in [0.1, 0.15) is 37.1 Å². The fourth-order valence-corrected chi connectivity index (χ4v) is 5.25. The molecule has 1 unspecified atom stereocenters. The Hall–Kier alpha value is -3.65. The first kappa shape index (κ1) is 30.3. The minimum Gasteiger partial charge on any atom is -0.497 e. The molecule has 0 radical (unpaired) electrons. The number of imidazole rings is 1. The zero-order valence-electron chi connectivity index (χ0n) is 22.6. The number of likely N-dealkylation sites (tertiary alicyclic amines) is 1. The van der Waals surface area contributed by atoms with Crippen molar-refractivity contribution in [2.24, 2.45) is 5.92 Å². The lowest BCUT2D eigenvalue weighted by atomic mass is 9.87. The molecule has 2 amide bonds. The van der Waals surface area contributed by atoms with E-state index in [2.05, 4.69) is 10.3 Å². The van der Waals surface area contributed by atoms with Crippen molar-refractivity contribution in [3.63, 3.8) is 0 Å². The average Bonchev–Trinajstić information content (AvgIpc) is 3.46. The number of aromatic nitrogens is 2. The molecule has 11 nitrogen and oxygen atoms in total. The third-order valence-corrected chi connectivity index (χ3v) is 7.44. The summed E-state index contributed by atoms with van der Waals surface area (Å²) in [6, 6.07) is 7.63. The van der Waals surface area contributed by atoms with Crippen LogP contribution in [0.3, 0.4) is 0 Å². The van der Waals surface area contributed by atoms with E-state index in [4.69, 9.17) is 24.1 Å². The molecule has 2 aromatic rings. The summed E-state index contributed by atoms with van der Waals surface area (Å²) < 4.78 is 50.9. The SMILES string of the molecule is COc1cccc(CNC(=O)C2Cn3ccnc3C3(CCN(C(=O)C4CCOCC4)CC3)O2)c1.O=C(O)C(F)(F)F. The Morgan fingerprint density at radius 1 is 1.20 bits per heavy atom. The van der Waals surface area contributed by atoms with Crippen LogP contribution in [-0.2, 0) is 42.5 Å². The largest absolute Gasteiger partial charge is 0.497 e. The van der Waals surface area contributed by atoms with Crippen LogP contribution < -0.4 is 10.1 Å². The van der Waals surface area contributed by atoms with Gasteiger partial charge in [-0.05, 0) is 30.5 Å². The highest BCUT2D eigenvalue weighted by molar-refractivity contribution is 5.81. The van der Waals surface area contributed by atoms with Gasteiger partial charge in [0.15, 0.2) is 6.10 Å². The molecule has 224 valence electrons. The molecule has 0 saturated carbocycles. The number of piperidine rings is 1. The van der Waals surface area contributed by atoms with Crippen molar-refractivity contribution in [1.29, 1.82) is 0 Å². The van der Waals surface area contributed by atoms with Gasteiger partial charge in [-0.1, -0.05) is 12.1 Å². The van der Waals surface area contributed by atoms with Crippen LogP contribution in [0.4, 0.5) is 13.2 Å². The molecular weight excluding hydrogens is 549 g/mol. The number of methoxy groups -OCH3 is 1. The van der Waals surface area contributed by atoms with Gasteiger partial charge < -0.3 is 34.1 Å². The Labute approximate surface area is 234 Å². The number of aliphatic carboxylic acids is 1. The van der Waals surface area contributed by atoms with E-state index in [1.165, 1.54) is 0 Å². The highest BCUT2D eigenvalue weighted by atomic mass is 19.4. The number of carbonyl (C=O) groups is 3. The summed E-state index contributed by atoms with van der Waals surface area (Å²) in [6.07, 6.45) is 0.786. The number of amides is 2. The molecule has 3 aliphatic heterocycles. The maximum Gasteiger partial charge on any atom is 0.490 e. The Morgan fingerprint density at radius 3 is 2.51 bits per heavy atom. The average molecular weight is 583 g/mol. The van der Waals surface area contributed by atoms with Gasteiger partial charge in [0, 0.05) is 64.0 Å². The van der Waals surface area contributed by atoms with Gasteiger partial charge in [0.05, 0.1) is 13.7 Å². The number of fused-ring (bicyclic) bond motifs is 2. The van der Waals surface area contributed by atoms with Crippen LogP contribution in [0.25, 0.3) is 0 Å². The van der Waals surface area contributed by atoms with Crippen LogP contribution in [0, 0.1) is 5.92 Å². The summed E-state index contributed by atoms with van der Waals surface area (Å²) in [5, 5.41) is 10.1. The molecule has 2 N–H and O–H groups in total. The number of hydrogen-bond donors (Lipinski definition) is 2. The quantitative estimate of drug-likeness (QED) is 0.550. The van der Waals surface area contributed by atoms with Crippen LogP contribution in [0.15, 0.2) is 36.7 Å². The highest BCUT2D eigenvalue weighted by Gasteiger charge is 2.48. The number of carbonyl (C=O) groups excluding carboxylic acids is 2. The van der Waals surface area contributed by atoms with E-state index < -0.39 is 23.9 Å². The van der Waals surface area contributed by atoms with Crippen molar-refractivity contribution < 1.29 is 46.9 Å². The van der Waals surface area contributed by atoms with Crippen molar-refractivity contribution >= 4 is 17.8 Å². The van der Waals surface area contributed by atoms with E-state index in [9.17, 15) is 22.8 Å². The number of carboxylic acid groups (broad SMARTS) is 1. The summed E-state index contributed by atoms with van der Waals surface area (Å²) in [7, 11) is 1.62. The first-order valence-corrected chi connectivity index (χ1v) is 13.3. The Balaban J connectivity index is 0.000000493. The van der Waals surface area contributed by atoms with Crippen molar-refractivity contribution in [3.05, 3.63) is 48.0 Å². The molecule has 3 aliphatic rings. The summed E-state index contributed by atoms with van der Waals surface area (Å²) in [4.78, 5) is 41.5. The Morgan fingerprint density at radius 2 is 1.88 bits per heavy atom. The molecule has 5 rings (SSSR count). The molecule has 2 fully saturated rings. The molecule has 0 bridgehead atoms. The van der Waals surface area contributed by atoms with Gasteiger partial charge in [0.1, 0.15) is 17.2 Å². The third kappa shape index (κ3) is 7.36. The van der Waals surface area contributed by atoms with Crippen molar-refractivity contribution in [2.75, 3.05) is 33.4 Å². The number of nitrogens with zero attached hydrogens (tertiary/aromatic N) is 3. The van der Waals surface area contributed by atoms with Gasteiger partial charge in [0.2, 0.25) is 5.91 Å². The number of carboxylic acids is 1. The van der Waals surface area contributed by atoms with E-state index >= 15 is 0 Å². The van der Waals surface area contributed by atoms with Crippen LogP contribution >= 0.6 is 0 Å². The van der Waals surface area contributed by atoms with Gasteiger partial charge in [-0.15, -0.1) is 0 Å². The van der Waals surface area contributed by atoms with Gasteiger partial charge in [0.25, 0.3) is 5.91 Å². The van der Waals surface area contributed by atoms with Crippen LogP contribution in [0.2, 0.25) is 0 Å². The molecule has 1 aromatic carbocycles. The summed E-state index contributed by atoms with van der Waals surface area (Å²) in [6.45, 7) is 3.32. The lowest BCUT2D eigenvalue weighted by Gasteiger charge is -2.46. The minimum absolute atomic E-state index is 0.0483. The third-order valence-electron chi connectivity index (χ3n) is 7.44. The molecule has 0 aliphatic carbocycles. The molecular formula is C27H33F3N4O7. The monoisotopic (exact) mass is 582 g/mol. The predicted molar refractivity (Wildman–Crippen MR) is 137 cm³/mol. The van der Waals surface area contributed by atoms with Crippen LogP contribution in [0.5, 0.6) is 5.75 Å². The van der Waals surface area contributed by atoms with E-state index in [1.807, 2.05) is 39.9 Å². The molecule has 4 heterocycles. The number of nitrogens with one attached hydrogen (secondary N) is 1. The Kier molecular flexibility index (Phi) is 9.53. The van der Waals surface area contributed by atoms with E-state index in [0.717, 1.165) is 30.0 Å². The summed E-state index contributed by atoms with van der Waals surface area (Å²) in [5.41, 5.74) is 0.299. The zero-order chi connectivity index (χ0) is 29.6. The lowest BCUT2D eigenvalue weighted by molar-refractivity contribution is -0.192. The molecule has 2 saturated heterocycles. The smallest absolute Gasteiger partial charge is 0.490 e. The Bertz CT molecular complexity index is 1220. The number of hydrogen-bond acceptors (Lipinski definition) is 7. The van der Waals surface area contributed by atoms with E-state index in [0.29, 0.717) is 52.2 Å². The second-order valence-corrected chi connectivity index (χ2v) is 10.1. The lowest BCUT2D eigenvalue weighted by Crippen LogP contribution is -2.55. The number of ether oxygens (including phenoxy) is 3. The zero-order valence-corrected chi connectivity index (χ0v) is 22.6. The molecule has 41 heavy (non-hydrogen) atoms. The maximum absolute atomic E-state index is 13.1. The number of rotatable bonds is 5. The van der Waals surface area contributed by atoms with Gasteiger partial charge >= 0.3 is 12.1 Å². The van der Waals surface area contributed by atoms with Crippen LogP contribution in [-0.4, -0.2) is 83.0 Å². The topological polar surface area (TPSA) is 132 Å². The summed E-state index contributed by atoms with van der Waals surface area (Å²) >= 11 is 0. The summed E-state index contributed by atoms with van der Waals surface area (Å²) in [5.74, 6) is -1.04. The first-order valence-electron chi connectivity index (χ1n) is 13.3. The van der Waals surface area contributed by atoms with Crippen molar-refractivity contribution in [2.45, 2.75) is 56.7 Å². The van der Waals surface area contributed by atoms with Gasteiger partial charge in [-0.2, -0.15) is 13.2 Å². The van der Waals surface area contributed by atoms with E-state index in [1.54, 1.807) is 13.3 Å². The second kappa shape index (κ2) is 12.9. The van der Waals surface area contributed by atoms with E-state index in [-0.39, 0.29) is 17.7 Å². The molecule has 1 spiro atoms. The van der Waals surface area contributed by atoms with Gasteiger partial charge in [-0.3, -0.25) is 9.59 Å². The standard InChI is InChI=1S/C25H32N4O5.C2HF3O2/c1-32-20-4-2-3-18(15-20)16-27-22(30)21-17-29-12-9-26-24(29)25(34-21)7-10-28(11-8-25)23(31)19-5-13-33-14-6-19;3-2(4,5)1(6)7/h2-4,9,12,15,19,21H,5-8,10-11,13-14,16-17H2,1H3,(H,27,30);(H,6,7). The van der Waals surface area contributed by atoms with Crippen molar-refractivity contribution in [1.82, 2.24) is 19.8 Å². The number of alkyl halides is 3. The predicted octanol–water partition coefficient (Wildman–Crippen LogP) is 2.48. The molecule has 1 atom stereocenters. The fraction of sp³-hybridized carbons (Fsp3) is 0.556. The number of halogens is 3. The van der Waals surface area contributed by atoms with Gasteiger partial charge in [-0.25, -0.2) is 9.78 Å². The molecule has 14 heteroatoms. The maximum atomic E-state index is 13.1. The number of benzene rings is 1. The second-order valence-electron chi connectivity index (χ2n) is 10.1. The van der Waals surface area contributed by atoms with Crippen molar-refractivity contribution in [3.8, 4) is 5.75 Å². The minimum atomic E-state index is -5.08. The fourth-order valence-electron chi connectivity index (χ4n) is 5.25. The normalized spacial score (nSPS) is 20.4. The first-order chi connectivity index (χ1) is 19.5.